The van der Waals surface area contributed by atoms with Crippen molar-refractivity contribution in [3.63, 3.8) is 0 Å². The van der Waals surface area contributed by atoms with E-state index in [0.717, 1.165) is 5.56 Å². The van der Waals surface area contributed by atoms with Gasteiger partial charge in [0.05, 0.1) is 29.2 Å². The van der Waals surface area contributed by atoms with Crippen molar-refractivity contribution in [2.24, 2.45) is 0 Å². The summed E-state index contributed by atoms with van der Waals surface area (Å²) in [7, 11) is 0. The first-order valence-corrected chi connectivity index (χ1v) is 9.84. The van der Waals surface area contributed by atoms with Crippen molar-refractivity contribution in [3.05, 3.63) is 81.9 Å². The Labute approximate surface area is 169 Å². The van der Waals surface area contributed by atoms with E-state index in [1.165, 1.54) is 34.4 Å². The summed E-state index contributed by atoms with van der Waals surface area (Å²) in [4.78, 5) is 43.2. The number of hydrogen-bond acceptors (Lipinski definition) is 5. The number of amides is 3. The summed E-state index contributed by atoms with van der Waals surface area (Å²) in [5.74, 6) is -0.904. The highest BCUT2D eigenvalue weighted by Gasteiger charge is 2.36. The van der Waals surface area contributed by atoms with Crippen LogP contribution in [0.5, 0.6) is 0 Å². The minimum atomic E-state index is -0.405. The van der Waals surface area contributed by atoms with Gasteiger partial charge in [-0.25, -0.2) is 4.98 Å². The zero-order valence-electron chi connectivity index (χ0n) is 14.5. The molecule has 28 heavy (non-hydrogen) atoms. The van der Waals surface area contributed by atoms with E-state index in [-0.39, 0.29) is 29.5 Å². The molecule has 8 heteroatoms. The molecule has 2 heterocycles. The number of nitrogens with zero attached hydrogens (tertiary/aromatic N) is 2. The highest BCUT2D eigenvalue weighted by atomic mass is 35.5. The molecule has 0 aliphatic carbocycles. The summed E-state index contributed by atoms with van der Waals surface area (Å²) in [6, 6.07) is 13.8. The van der Waals surface area contributed by atoms with Gasteiger partial charge in [-0.15, -0.1) is 22.9 Å². The molecule has 1 N–H and O–H groups in total. The van der Waals surface area contributed by atoms with E-state index >= 15 is 0 Å². The lowest BCUT2D eigenvalue weighted by molar-refractivity contribution is 0.0642. The van der Waals surface area contributed by atoms with Gasteiger partial charge in [-0.1, -0.05) is 30.3 Å². The molecule has 0 bridgehead atoms. The minimum Gasteiger partial charge on any atom is -0.298 e. The molecule has 140 valence electrons. The van der Waals surface area contributed by atoms with Crippen molar-refractivity contribution in [1.29, 1.82) is 0 Å². The summed E-state index contributed by atoms with van der Waals surface area (Å²) in [6.07, 6.45) is 0. The predicted octanol–water partition coefficient (Wildman–Crippen LogP) is 3.93. The maximum absolute atomic E-state index is 12.7. The fourth-order valence-electron chi connectivity index (χ4n) is 2.94. The molecule has 1 aliphatic heterocycles. The first-order chi connectivity index (χ1) is 13.6. The monoisotopic (exact) mass is 411 g/mol. The minimum absolute atomic E-state index is 0.190. The van der Waals surface area contributed by atoms with Gasteiger partial charge in [0.25, 0.3) is 17.7 Å². The van der Waals surface area contributed by atoms with Crippen LogP contribution in [0.4, 0.5) is 5.13 Å². The molecule has 3 amide bonds. The maximum Gasteiger partial charge on any atom is 0.261 e. The average Bonchev–Trinajstić information content (AvgIpc) is 3.27. The van der Waals surface area contributed by atoms with Crippen LogP contribution >= 0.6 is 22.9 Å². The molecule has 1 aliphatic rings. The summed E-state index contributed by atoms with van der Waals surface area (Å²) < 4.78 is 0. The number of halogens is 1. The molecular formula is C20H14ClN3O3S. The Balaban J connectivity index is 1.55. The second-order valence-corrected chi connectivity index (χ2v) is 7.30. The molecule has 0 atom stereocenters. The zero-order valence-corrected chi connectivity index (χ0v) is 16.1. The van der Waals surface area contributed by atoms with Crippen LogP contribution < -0.4 is 5.32 Å². The van der Waals surface area contributed by atoms with Crippen LogP contribution in [0.15, 0.2) is 53.9 Å². The summed E-state index contributed by atoms with van der Waals surface area (Å²) in [5, 5.41) is 4.87. The van der Waals surface area contributed by atoms with E-state index in [0.29, 0.717) is 16.4 Å². The Bertz CT molecular complexity index is 1080. The first-order valence-electron chi connectivity index (χ1n) is 8.42. The molecule has 0 saturated heterocycles. The maximum atomic E-state index is 12.7. The molecule has 0 saturated carbocycles. The van der Waals surface area contributed by atoms with E-state index in [1.54, 1.807) is 5.38 Å². The predicted molar refractivity (Wildman–Crippen MR) is 107 cm³/mol. The lowest BCUT2D eigenvalue weighted by Gasteiger charge is -2.13. The Morgan fingerprint density at radius 3 is 2.54 bits per heavy atom. The molecule has 0 unspecified atom stereocenters. The third kappa shape index (κ3) is 3.42. The van der Waals surface area contributed by atoms with Crippen molar-refractivity contribution in [1.82, 2.24) is 9.88 Å². The Kier molecular flexibility index (Phi) is 4.93. The van der Waals surface area contributed by atoms with E-state index < -0.39 is 11.8 Å². The number of imide groups is 1. The van der Waals surface area contributed by atoms with Gasteiger partial charge in [0.1, 0.15) is 0 Å². The van der Waals surface area contributed by atoms with Crippen molar-refractivity contribution in [3.8, 4) is 0 Å². The van der Waals surface area contributed by atoms with Crippen molar-refractivity contribution in [2.45, 2.75) is 12.4 Å². The normalized spacial score (nSPS) is 13.0. The van der Waals surface area contributed by atoms with E-state index in [2.05, 4.69) is 10.3 Å². The van der Waals surface area contributed by atoms with E-state index in [9.17, 15) is 14.4 Å². The van der Waals surface area contributed by atoms with Crippen LogP contribution in [0.2, 0.25) is 0 Å². The van der Waals surface area contributed by atoms with Gasteiger partial charge in [-0.2, -0.15) is 0 Å². The van der Waals surface area contributed by atoms with Gasteiger partial charge in [-0.05, 0) is 23.8 Å². The van der Waals surface area contributed by atoms with Gasteiger partial charge in [-0.3, -0.25) is 24.6 Å². The van der Waals surface area contributed by atoms with E-state index in [4.69, 9.17) is 11.6 Å². The smallest absolute Gasteiger partial charge is 0.261 e. The van der Waals surface area contributed by atoms with Crippen LogP contribution in [0, 0.1) is 0 Å². The van der Waals surface area contributed by atoms with Gasteiger partial charge in [0.15, 0.2) is 5.13 Å². The lowest BCUT2D eigenvalue weighted by Crippen LogP contribution is -2.29. The molecule has 4 rings (SSSR count). The van der Waals surface area contributed by atoms with Gasteiger partial charge < -0.3 is 0 Å². The molecule has 1 aromatic heterocycles. The highest BCUT2D eigenvalue weighted by molar-refractivity contribution is 7.14. The zero-order chi connectivity index (χ0) is 19.7. The summed E-state index contributed by atoms with van der Waals surface area (Å²) in [6.45, 7) is 0.190. The number of anilines is 1. The second-order valence-electron chi connectivity index (χ2n) is 6.17. The van der Waals surface area contributed by atoms with Gasteiger partial charge in [0, 0.05) is 10.9 Å². The van der Waals surface area contributed by atoms with Crippen molar-refractivity contribution < 1.29 is 14.4 Å². The number of rotatable bonds is 5. The number of carbonyl (C=O) groups is 3. The van der Waals surface area contributed by atoms with E-state index in [1.807, 2.05) is 30.3 Å². The van der Waals surface area contributed by atoms with Gasteiger partial charge >= 0.3 is 0 Å². The quantitative estimate of drug-likeness (QED) is 0.509. The van der Waals surface area contributed by atoms with Crippen molar-refractivity contribution >= 4 is 45.8 Å². The number of benzene rings is 2. The standard InChI is InChI=1S/C20H14ClN3O3S/c21-9-14-11-28-20(22-14)23-17(25)13-6-7-15-16(8-13)19(27)24(18(15)26)10-12-4-2-1-3-5-12/h1-8,11H,9-10H2,(H,22,23,25). The number of hydrogen-bond donors (Lipinski definition) is 1. The van der Waals surface area contributed by atoms with Gasteiger partial charge in [0.2, 0.25) is 0 Å². The van der Waals surface area contributed by atoms with Crippen LogP contribution in [0.3, 0.4) is 0 Å². The SMILES string of the molecule is O=C(Nc1nc(CCl)cs1)c1ccc2c(c1)C(=O)N(Cc1ccccc1)C2=O. The number of aromatic nitrogens is 1. The number of fused-ring (bicyclic) bond motifs is 1. The number of thiazole rings is 1. The Morgan fingerprint density at radius 1 is 1.07 bits per heavy atom. The largest absolute Gasteiger partial charge is 0.298 e. The number of nitrogens with one attached hydrogen (secondary N) is 1. The fourth-order valence-corrected chi connectivity index (χ4v) is 3.87. The summed E-state index contributed by atoms with van der Waals surface area (Å²) in [5.41, 5.74) is 2.34. The summed E-state index contributed by atoms with van der Waals surface area (Å²) >= 11 is 6.98. The second kappa shape index (κ2) is 7.53. The highest BCUT2D eigenvalue weighted by Crippen LogP contribution is 2.26. The average molecular weight is 412 g/mol. The Morgan fingerprint density at radius 2 is 1.82 bits per heavy atom. The Hall–Kier alpha value is -3.03. The van der Waals surface area contributed by atoms with Crippen molar-refractivity contribution in [2.75, 3.05) is 5.32 Å². The number of alkyl halides is 1. The molecule has 0 spiro atoms. The lowest BCUT2D eigenvalue weighted by atomic mass is 10.1. The molecule has 0 radical (unpaired) electrons. The van der Waals surface area contributed by atoms with Crippen LogP contribution in [0.25, 0.3) is 0 Å². The van der Waals surface area contributed by atoms with Crippen LogP contribution in [-0.4, -0.2) is 27.6 Å². The number of carbonyl (C=O) groups excluding carboxylic acids is 3. The topological polar surface area (TPSA) is 79.4 Å². The fraction of sp³-hybridized carbons (Fsp3) is 0.100. The van der Waals surface area contributed by atoms with Crippen LogP contribution in [-0.2, 0) is 12.4 Å². The third-order valence-electron chi connectivity index (χ3n) is 4.33. The molecule has 3 aromatic rings. The third-order valence-corrected chi connectivity index (χ3v) is 5.41. The molecular weight excluding hydrogens is 398 g/mol. The molecule has 2 aromatic carbocycles. The van der Waals surface area contributed by atoms with Crippen LogP contribution in [0.1, 0.15) is 42.3 Å². The molecule has 0 fully saturated rings. The first kappa shape index (κ1) is 18.3. The molecule has 6 nitrogen and oxygen atoms in total.